The first-order valence-corrected chi connectivity index (χ1v) is 9.12. The van der Waals surface area contributed by atoms with Gasteiger partial charge in [-0.15, -0.1) is 0 Å². The second-order valence-corrected chi connectivity index (χ2v) is 7.56. The lowest BCUT2D eigenvalue weighted by Gasteiger charge is -2.28. The second kappa shape index (κ2) is 6.69. The minimum atomic E-state index is -4.32. The molecule has 2 heterocycles. The number of amides is 1. The van der Waals surface area contributed by atoms with E-state index >= 15 is 0 Å². The summed E-state index contributed by atoms with van der Waals surface area (Å²) in [6, 6.07) is 6.38. The summed E-state index contributed by atoms with van der Waals surface area (Å²) < 4.78 is 41.7. The first-order valence-electron chi connectivity index (χ1n) is 9.12. The number of carbonyl (C=O) groups is 1. The average molecular weight is 379 g/mol. The lowest BCUT2D eigenvalue weighted by molar-refractivity contribution is -0.180. The summed E-state index contributed by atoms with van der Waals surface area (Å²) in [6.45, 7) is 7.34. The number of imidazole rings is 1. The quantitative estimate of drug-likeness (QED) is 0.740. The molecule has 0 N–H and O–H groups in total. The Morgan fingerprint density at radius 1 is 1.15 bits per heavy atom. The van der Waals surface area contributed by atoms with Crippen LogP contribution < -0.4 is 0 Å². The molecule has 0 aliphatic carbocycles. The molecule has 3 rings (SSSR count). The highest BCUT2D eigenvalue weighted by atomic mass is 19.4. The summed E-state index contributed by atoms with van der Waals surface area (Å²) in [5.74, 6) is 0.311. The number of halogens is 3. The molecule has 146 valence electrons. The van der Waals surface area contributed by atoms with Crippen LogP contribution in [-0.4, -0.2) is 33.1 Å². The summed E-state index contributed by atoms with van der Waals surface area (Å²) in [7, 11) is 0. The Bertz CT molecular complexity index is 851. The molecule has 4 nitrogen and oxygen atoms in total. The minimum Gasteiger partial charge on any atom is -0.318 e. The van der Waals surface area contributed by atoms with Crippen LogP contribution in [0.2, 0.25) is 0 Å². The number of nitrogens with zero attached hydrogens (tertiary/aromatic N) is 3. The summed E-state index contributed by atoms with van der Waals surface area (Å²) in [6.07, 6.45) is -2.41. The molecule has 1 aromatic heterocycles. The zero-order valence-corrected chi connectivity index (χ0v) is 16.0. The van der Waals surface area contributed by atoms with Crippen LogP contribution in [-0.2, 0) is 12.1 Å². The van der Waals surface area contributed by atoms with Gasteiger partial charge >= 0.3 is 6.18 Å². The number of carbonyl (C=O) groups excluding carboxylic acids is 1. The van der Waals surface area contributed by atoms with Gasteiger partial charge in [-0.2, -0.15) is 13.2 Å². The molecule has 1 aliphatic heterocycles. The molecule has 0 atom stereocenters. The van der Waals surface area contributed by atoms with Gasteiger partial charge in [-0.05, 0) is 32.8 Å². The van der Waals surface area contributed by atoms with Gasteiger partial charge in [-0.25, -0.2) is 4.98 Å². The number of rotatable bonds is 5. The van der Waals surface area contributed by atoms with Crippen LogP contribution in [0.25, 0.3) is 11.3 Å². The summed E-state index contributed by atoms with van der Waals surface area (Å²) >= 11 is 0. The molecule has 0 fully saturated rings. The lowest BCUT2D eigenvalue weighted by atomic mass is 9.83. The highest BCUT2D eigenvalue weighted by Gasteiger charge is 2.48. The van der Waals surface area contributed by atoms with E-state index in [1.54, 1.807) is 17.0 Å². The molecule has 1 amide bonds. The zero-order valence-electron chi connectivity index (χ0n) is 16.0. The average Bonchev–Trinajstić information content (AvgIpc) is 3.07. The van der Waals surface area contributed by atoms with E-state index in [9.17, 15) is 18.0 Å². The third-order valence-corrected chi connectivity index (χ3v) is 5.30. The van der Waals surface area contributed by atoms with Gasteiger partial charge in [-0.1, -0.05) is 37.6 Å². The second-order valence-electron chi connectivity index (χ2n) is 7.56. The first kappa shape index (κ1) is 19.5. The number of hydrogen-bond donors (Lipinski definition) is 0. The highest BCUT2D eigenvalue weighted by Crippen LogP contribution is 2.41. The SMILES string of the molecule is CCCCN1Cn2c(nc(C)c2-c2ccc(C(C)(C)C(F)(F)F)cc2)C1=O. The van der Waals surface area contributed by atoms with Crippen LogP contribution in [0.5, 0.6) is 0 Å². The molecular formula is C20H24F3N3O. The van der Waals surface area contributed by atoms with Crippen molar-refractivity contribution in [1.82, 2.24) is 14.5 Å². The van der Waals surface area contributed by atoms with Crippen molar-refractivity contribution in [2.45, 2.75) is 58.8 Å². The zero-order chi connectivity index (χ0) is 20.0. The minimum absolute atomic E-state index is 0.0902. The Hall–Kier alpha value is -2.31. The number of fused-ring (bicyclic) bond motifs is 1. The fourth-order valence-corrected chi connectivity index (χ4v) is 3.35. The van der Waals surface area contributed by atoms with Gasteiger partial charge < -0.3 is 9.47 Å². The predicted octanol–water partition coefficient (Wildman–Crippen LogP) is 4.91. The summed E-state index contributed by atoms with van der Waals surface area (Å²) in [5, 5.41) is 0. The Labute approximate surface area is 157 Å². The van der Waals surface area contributed by atoms with Gasteiger partial charge in [0.2, 0.25) is 5.82 Å². The van der Waals surface area contributed by atoms with E-state index in [1.807, 2.05) is 11.5 Å². The number of benzene rings is 1. The van der Waals surface area contributed by atoms with E-state index < -0.39 is 11.6 Å². The Kier molecular flexibility index (Phi) is 4.82. The van der Waals surface area contributed by atoms with Crippen molar-refractivity contribution in [2.75, 3.05) is 6.54 Å². The molecular weight excluding hydrogens is 355 g/mol. The number of aromatic nitrogens is 2. The van der Waals surface area contributed by atoms with Crippen molar-refractivity contribution in [3.05, 3.63) is 41.3 Å². The van der Waals surface area contributed by atoms with Crippen molar-refractivity contribution in [3.8, 4) is 11.3 Å². The van der Waals surface area contributed by atoms with E-state index in [1.165, 1.54) is 26.0 Å². The van der Waals surface area contributed by atoms with E-state index in [2.05, 4.69) is 11.9 Å². The molecule has 0 spiro atoms. The largest absolute Gasteiger partial charge is 0.397 e. The van der Waals surface area contributed by atoms with E-state index in [0.717, 1.165) is 24.1 Å². The van der Waals surface area contributed by atoms with Crippen molar-refractivity contribution in [3.63, 3.8) is 0 Å². The summed E-state index contributed by atoms with van der Waals surface area (Å²) in [5.41, 5.74) is 0.536. The van der Waals surface area contributed by atoms with Gasteiger partial charge in [0.25, 0.3) is 5.91 Å². The molecule has 1 aromatic carbocycles. The molecule has 0 saturated carbocycles. The monoisotopic (exact) mass is 379 g/mol. The lowest BCUT2D eigenvalue weighted by Crippen LogP contribution is -2.36. The van der Waals surface area contributed by atoms with E-state index in [-0.39, 0.29) is 11.5 Å². The number of alkyl halides is 3. The van der Waals surface area contributed by atoms with Crippen LogP contribution in [0.15, 0.2) is 24.3 Å². The van der Waals surface area contributed by atoms with E-state index in [0.29, 0.717) is 24.7 Å². The maximum atomic E-state index is 13.3. The molecule has 0 saturated heterocycles. The molecule has 2 aromatic rings. The standard InChI is InChI=1S/C20H24F3N3O/c1-5-6-11-25-12-26-16(13(2)24-17(26)18(25)27)14-7-9-15(10-8-14)19(3,4)20(21,22)23/h7-10H,5-6,11-12H2,1-4H3. The van der Waals surface area contributed by atoms with Gasteiger partial charge in [0.05, 0.1) is 23.5 Å². The molecule has 7 heteroatoms. The van der Waals surface area contributed by atoms with E-state index in [4.69, 9.17) is 0 Å². The van der Waals surface area contributed by atoms with Gasteiger partial charge in [0, 0.05) is 12.1 Å². The van der Waals surface area contributed by atoms with Crippen LogP contribution in [0, 0.1) is 6.92 Å². The molecule has 27 heavy (non-hydrogen) atoms. The Morgan fingerprint density at radius 3 is 2.33 bits per heavy atom. The van der Waals surface area contributed by atoms with Crippen molar-refractivity contribution in [2.24, 2.45) is 0 Å². The fourth-order valence-electron chi connectivity index (χ4n) is 3.35. The molecule has 0 bridgehead atoms. The van der Waals surface area contributed by atoms with Gasteiger partial charge in [0.15, 0.2) is 0 Å². The molecule has 1 aliphatic rings. The van der Waals surface area contributed by atoms with Crippen LogP contribution in [0.1, 0.15) is 55.5 Å². The number of unbranched alkanes of at least 4 members (excludes halogenated alkanes) is 1. The highest BCUT2D eigenvalue weighted by molar-refractivity contribution is 5.94. The van der Waals surface area contributed by atoms with Crippen molar-refractivity contribution >= 4 is 5.91 Å². The Balaban J connectivity index is 1.94. The molecule has 0 radical (unpaired) electrons. The van der Waals surface area contributed by atoms with Crippen LogP contribution in [0.3, 0.4) is 0 Å². The van der Waals surface area contributed by atoms with Gasteiger partial charge in [0.1, 0.15) is 0 Å². The van der Waals surface area contributed by atoms with Crippen molar-refractivity contribution < 1.29 is 18.0 Å². The van der Waals surface area contributed by atoms with Crippen LogP contribution in [0.4, 0.5) is 13.2 Å². The normalized spacial score (nSPS) is 14.8. The summed E-state index contributed by atoms with van der Waals surface area (Å²) in [4.78, 5) is 18.7. The van der Waals surface area contributed by atoms with Crippen LogP contribution >= 0.6 is 0 Å². The number of hydrogen-bond acceptors (Lipinski definition) is 2. The molecule has 0 unspecified atom stereocenters. The third kappa shape index (κ3) is 3.24. The maximum absolute atomic E-state index is 13.3. The fraction of sp³-hybridized carbons (Fsp3) is 0.500. The number of aryl methyl sites for hydroxylation is 1. The van der Waals surface area contributed by atoms with Crippen molar-refractivity contribution in [1.29, 1.82) is 0 Å². The smallest absolute Gasteiger partial charge is 0.318 e. The first-order chi connectivity index (χ1) is 12.6. The predicted molar refractivity (Wildman–Crippen MR) is 97.4 cm³/mol. The third-order valence-electron chi connectivity index (χ3n) is 5.30. The topological polar surface area (TPSA) is 38.1 Å². The maximum Gasteiger partial charge on any atom is 0.397 e. The van der Waals surface area contributed by atoms with Gasteiger partial charge in [-0.3, -0.25) is 4.79 Å². The Morgan fingerprint density at radius 2 is 1.78 bits per heavy atom.